The second-order valence-electron chi connectivity index (χ2n) is 7.02. The Morgan fingerprint density at radius 3 is 2.45 bits per heavy atom. The van der Waals surface area contributed by atoms with Crippen molar-refractivity contribution in [1.82, 2.24) is 20.2 Å². The first-order chi connectivity index (χ1) is 16.0. The van der Waals surface area contributed by atoms with Gasteiger partial charge in [0.15, 0.2) is 11.0 Å². The molecular weight excluding hydrogens is 566 g/mol. The molecule has 1 N–H and O–H groups in total. The third-order valence-corrected chi connectivity index (χ3v) is 6.62. The highest BCUT2D eigenvalue weighted by molar-refractivity contribution is 9.10. The van der Waals surface area contributed by atoms with E-state index < -0.39 is 0 Å². The summed E-state index contributed by atoms with van der Waals surface area (Å²) < 4.78 is 3.90. The van der Waals surface area contributed by atoms with Crippen LogP contribution in [-0.2, 0) is 4.79 Å². The number of hydrogen-bond acceptors (Lipinski definition) is 5. The summed E-state index contributed by atoms with van der Waals surface area (Å²) >= 11 is 8.22. The number of hydrogen-bond donors (Lipinski definition) is 1. The van der Waals surface area contributed by atoms with Crippen molar-refractivity contribution in [3.05, 3.63) is 93.4 Å². The number of halogens is 2. The van der Waals surface area contributed by atoms with E-state index in [9.17, 15) is 4.79 Å². The maximum absolute atomic E-state index is 12.5. The third-order valence-electron chi connectivity index (χ3n) is 4.67. The fraction of sp³-hybridized carbons (Fsp3) is 0.0833. The SMILES string of the molecule is CC(=NNC(=O)CSc1nnc(-c2ccc(Br)cc2)n1-c1ccccc1)c1cccc(Br)c1. The minimum absolute atomic E-state index is 0.153. The van der Waals surface area contributed by atoms with Gasteiger partial charge in [0.2, 0.25) is 0 Å². The van der Waals surface area contributed by atoms with E-state index in [0.717, 1.165) is 31.5 Å². The van der Waals surface area contributed by atoms with Gasteiger partial charge < -0.3 is 0 Å². The number of benzene rings is 3. The Hall–Kier alpha value is -2.75. The number of aromatic nitrogens is 3. The molecule has 0 spiro atoms. The van der Waals surface area contributed by atoms with E-state index >= 15 is 0 Å². The van der Waals surface area contributed by atoms with E-state index in [-0.39, 0.29) is 11.7 Å². The lowest BCUT2D eigenvalue weighted by Gasteiger charge is -2.10. The standard InChI is InChI=1S/C24H19Br2N5OS/c1-16(18-6-5-7-20(26)14-18)27-28-22(32)15-33-24-30-29-23(17-10-12-19(25)13-11-17)31(24)21-8-3-2-4-9-21/h2-14H,15H2,1H3,(H,28,32). The largest absolute Gasteiger partial charge is 0.272 e. The number of thioether (sulfide) groups is 1. The van der Waals surface area contributed by atoms with Crippen molar-refractivity contribution in [2.75, 3.05) is 5.75 Å². The van der Waals surface area contributed by atoms with E-state index in [2.05, 4.69) is 52.6 Å². The molecule has 9 heteroatoms. The molecule has 0 bridgehead atoms. The van der Waals surface area contributed by atoms with Gasteiger partial charge in [-0.3, -0.25) is 9.36 Å². The molecule has 0 fully saturated rings. The van der Waals surface area contributed by atoms with Crippen molar-refractivity contribution in [2.45, 2.75) is 12.1 Å². The lowest BCUT2D eigenvalue weighted by molar-refractivity contribution is -0.118. The highest BCUT2D eigenvalue weighted by Crippen LogP contribution is 2.28. The number of amides is 1. The summed E-state index contributed by atoms with van der Waals surface area (Å²) in [5.74, 6) is 0.642. The monoisotopic (exact) mass is 583 g/mol. The fourth-order valence-electron chi connectivity index (χ4n) is 3.05. The molecule has 0 aliphatic rings. The summed E-state index contributed by atoms with van der Waals surface area (Å²) in [6.07, 6.45) is 0. The number of nitrogens with zero attached hydrogens (tertiary/aromatic N) is 4. The van der Waals surface area contributed by atoms with Gasteiger partial charge in [0.25, 0.3) is 5.91 Å². The molecule has 0 saturated carbocycles. The molecule has 4 rings (SSSR count). The van der Waals surface area contributed by atoms with Gasteiger partial charge in [-0.2, -0.15) is 5.10 Å². The van der Waals surface area contributed by atoms with Crippen LogP contribution in [0.4, 0.5) is 0 Å². The van der Waals surface area contributed by atoms with Crippen LogP contribution in [0, 0.1) is 0 Å². The molecule has 3 aromatic carbocycles. The van der Waals surface area contributed by atoms with Gasteiger partial charge in [-0.1, -0.05) is 86.1 Å². The van der Waals surface area contributed by atoms with E-state index in [4.69, 9.17) is 0 Å². The minimum atomic E-state index is -0.220. The van der Waals surface area contributed by atoms with Gasteiger partial charge >= 0.3 is 0 Å². The second kappa shape index (κ2) is 10.9. The van der Waals surface area contributed by atoms with Crippen LogP contribution in [0.5, 0.6) is 0 Å². The van der Waals surface area contributed by atoms with Gasteiger partial charge in [0.1, 0.15) is 0 Å². The van der Waals surface area contributed by atoms with Crippen molar-refractivity contribution in [1.29, 1.82) is 0 Å². The van der Waals surface area contributed by atoms with Crippen molar-refractivity contribution >= 4 is 55.2 Å². The summed E-state index contributed by atoms with van der Waals surface area (Å²) in [6.45, 7) is 1.85. The summed E-state index contributed by atoms with van der Waals surface area (Å²) in [5, 5.41) is 13.6. The maximum atomic E-state index is 12.5. The summed E-state index contributed by atoms with van der Waals surface area (Å²) in [5.41, 5.74) is 6.13. The molecule has 0 aliphatic heterocycles. The summed E-state index contributed by atoms with van der Waals surface area (Å²) in [4.78, 5) is 12.5. The number of carbonyl (C=O) groups excluding carboxylic acids is 1. The van der Waals surface area contributed by atoms with E-state index in [1.807, 2.05) is 90.4 Å². The molecule has 0 unspecified atom stereocenters. The average Bonchev–Trinajstić information content (AvgIpc) is 3.26. The number of carbonyl (C=O) groups is 1. The van der Waals surface area contributed by atoms with Crippen molar-refractivity contribution in [3.63, 3.8) is 0 Å². The number of rotatable bonds is 7. The molecule has 1 heterocycles. The first kappa shape index (κ1) is 23.4. The van der Waals surface area contributed by atoms with Crippen LogP contribution in [-0.4, -0.2) is 32.1 Å². The van der Waals surface area contributed by atoms with E-state index in [1.54, 1.807) is 0 Å². The molecule has 0 radical (unpaired) electrons. The summed E-state index contributed by atoms with van der Waals surface area (Å²) in [6, 6.07) is 25.5. The quantitative estimate of drug-likeness (QED) is 0.162. The zero-order valence-electron chi connectivity index (χ0n) is 17.6. The molecule has 6 nitrogen and oxygen atoms in total. The minimum Gasteiger partial charge on any atom is -0.272 e. The zero-order valence-corrected chi connectivity index (χ0v) is 21.6. The van der Waals surface area contributed by atoms with Gasteiger partial charge in [0.05, 0.1) is 11.5 Å². The molecular formula is C24H19Br2N5OS. The average molecular weight is 585 g/mol. The number of nitrogens with one attached hydrogen (secondary N) is 1. The van der Waals surface area contributed by atoms with Gasteiger partial charge in [-0.05, 0) is 48.9 Å². The maximum Gasteiger partial charge on any atom is 0.250 e. The Bertz CT molecular complexity index is 1290. The molecule has 0 saturated heterocycles. The van der Waals surface area contributed by atoms with E-state index in [0.29, 0.717) is 11.0 Å². The Balaban J connectivity index is 1.51. The fourth-order valence-corrected chi connectivity index (χ4v) is 4.45. The van der Waals surface area contributed by atoms with Crippen molar-refractivity contribution < 1.29 is 4.79 Å². The van der Waals surface area contributed by atoms with Crippen molar-refractivity contribution in [3.8, 4) is 17.1 Å². The van der Waals surface area contributed by atoms with E-state index in [1.165, 1.54) is 11.8 Å². The Labute approximate surface area is 212 Å². The predicted octanol–water partition coefficient (Wildman–Crippen LogP) is 6.09. The van der Waals surface area contributed by atoms with Crippen LogP contribution in [0.25, 0.3) is 17.1 Å². The Morgan fingerprint density at radius 2 is 1.73 bits per heavy atom. The Morgan fingerprint density at radius 1 is 0.970 bits per heavy atom. The van der Waals surface area contributed by atoms with Gasteiger partial charge in [-0.25, -0.2) is 5.43 Å². The molecule has 1 aromatic heterocycles. The first-order valence-corrected chi connectivity index (χ1v) is 12.6. The topological polar surface area (TPSA) is 72.2 Å². The lowest BCUT2D eigenvalue weighted by atomic mass is 10.1. The molecule has 33 heavy (non-hydrogen) atoms. The van der Waals surface area contributed by atoms with Crippen LogP contribution in [0.15, 0.2) is 98.1 Å². The third kappa shape index (κ3) is 5.98. The normalized spacial score (nSPS) is 11.4. The molecule has 0 atom stereocenters. The smallest absolute Gasteiger partial charge is 0.250 e. The van der Waals surface area contributed by atoms with Crippen LogP contribution in [0.2, 0.25) is 0 Å². The predicted molar refractivity (Wildman–Crippen MR) is 140 cm³/mol. The van der Waals surface area contributed by atoms with Crippen LogP contribution in [0.3, 0.4) is 0 Å². The molecule has 166 valence electrons. The van der Waals surface area contributed by atoms with Crippen LogP contribution < -0.4 is 5.43 Å². The molecule has 0 aliphatic carbocycles. The zero-order chi connectivity index (χ0) is 23.2. The molecule has 1 amide bonds. The highest BCUT2D eigenvalue weighted by atomic mass is 79.9. The lowest BCUT2D eigenvalue weighted by Crippen LogP contribution is -2.21. The van der Waals surface area contributed by atoms with Crippen molar-refractivity contribution in [2.24, 2.45) is 5.10 Å². The van der Waals surface area contributed by atoms with Gasteiger partial charge in [-0.15, -0.1) is 10.2 Å². The summed E-state index contributed by atoms with van der Waals surface area (Å²) in [7, 11) is 0. The highest BCUT2D eigenvalue weighted by Gasteiger charge is 2.17. The molecule has 4 aromatic rings. The van der Waals surface area contributed by atoms with Gasteiger partial charge in [0, 0.05) is 20.2 Å². The second-order valence-corrected chi connectivity index (χ2v) is 9.79. The Kier molecular flexibility index (Phi) is 7.74. The van der Waals surface area contributed by atoms with Crippen LogP contribution in [0.1, 0.15) is 12.5 Å². The number of para-hydroxylation sites is 1. The first-order valence-electron chi connectivity index (χ1n) is 10.00. The van der Waals surface area contributed by atoms with Crippen LogP contribution >= 0.6 is 43.6 Å². The number of hydrazone groups is 1.